The predicted molar refractivity (Wildman–Crippen MR) is 72.2 cm³/mol. The minimum Gasteiger partial charge on any atom is -0.326 e. The molecule has 0 saturated carbocycles. The van der Waals surface area contributed by atoms with Crippen LogP contribution in [0.3, 0.4) is 0 Å². The van der Waals surface area contributed by atoms with Crippen LogP contribution in [0.5, 0.6) is 0 Å². The Morgan fingerprint density at radius 1 is 1.33 bits per heavy atom. The molecule has 0 aromatic heterocycles. The van der Waals surface area contributed by atoms with Crippen LogP contribution in [0, 0.1) is 11.3 Å². The molecule has 18 heavy (non-hydrogen) atoms. The van der Waals surface area contributed by atoms with E-state index in [1.54, 1.807) is 7.05 Å². The van der Waals surface area contributed by atoms with E-state index in [0.29, 0.717) is 12.0 Å². The summed E-state index contributed by atoms with van der Waals surface area (Å²) >= 11 is 0. The number of carbonyl (C=O) groups is 1. The van der Waals surface area contributed by atoms with Crippen molar-refractivity contribution in [3.63, 3.8) is 0 Å². The summed E-state index contributed by atoms with van der Waals surface area (Å²) in [5.41, 5.74) is 1.85. The lowest BCUT2D eigenvalue weighted by atomic mass is 10.1. The molecule has 0 aliphatic heterocycles. The molecule has 0 fully saturated rings. The van der Waals surface area contributed by atoms with Gasteiger partial charge in [-0.2, -0.15) is 5.26 Å². The Labute approximate surface area is 109 Å². The number of benzene rings is 1. The molecule has 1 aromatic rings. The highest BCUT2D eigenvalue weighted by Crippen LogP contribution is 2.11. The number of nitriles is 1. The third-order valence-electron chi connectivity index (χ3n) is 3.11. The van der Waals surface area contributed by atoms with Crippen molar-refractivity contribution in [2.75, 3.05) is 7.05 Å². The first-order chi connectivity index (χ1) is 8.63. The Hall–Kier alpha value is -1.82. The molecule has 0 spiro atoms. The maximum atomic E-state index is 12.2. The molecule has 1 amide bonds. The lowest BCUT2D eigenvalue weighted by molar-refractivity contribution is 0.0759. The van der Waals surface area contributed by atoms with Gasteiger partial charge < -0.3 is 4.90 Å². The van der Waals surface area contributed by atoms with Crippen molar-refractivity contribution in [2.45, 2.75) is 39.2 Å². The second kappa shape index (κ2) is 6.80. The van der Waals surface area contributed by atoms with Gasteiger partial charge in [-0.05, 0) is 30.5 Å². The van der Waals surface area contributed by atoms with E-state index in [0.717, 1.165) is 12.8 Å². The van der Waals surface area contributed by atoms with E-state index < -0.39 is 0 Å². The summed E-state index contributed by atoms with van der Waals surface area (Å²) in [4.78, 5) is 13.7. The quantitative estimate of drug-likeness (QED) is 0.799. The highest BCUT2D eigenvalue weighted by atomic mass is 16.2. The minimum absolute atomic E-state index is 0.0855. The maximum absolute atomic E-state index is 12.2. The number of rotatable bonds is 5. The normalized spacial score (nSPS) is 11.7. The average molecular weight is 244 g/mol. The molecule has 0 saturated heterocycles. The Kier molecular flexibility index (Phi) is 5.38. The van der Waals surface area contributed by atoms with E-state index in [1.165, 1.54) is 10.5 Å². The van der Waals surface area contributed by atoms with E-state index in [1.807, 2.05) is 31.2 Å². The van der Waals surface area contributed by atoms with E-state index in [9.17, 15) is 4.79 Å². The molecule has 0 unspecified atom stereocenters. The molecule has 0 N–H and O–H groups in total. The second-order valence-corrected chi connectivity index (χ2v) is 4.40. The first-order valence-electron chi connectivity index (χ1n) is 6.39. The molecule has 0 aliphatic carbocycles. The van der Waals surface area contributed by atoms with Crippen molar-refractivity contribution in [3.8, 4) is 6.07 Å². The SMILES string of the molecule is CCC[C@H](C#N)N(C)C(=O)c1ccc(CC)cc1. The number of hydrogen-bond donors (Lipinski definition) is 0. The van der Waals surface area contributed by atoms with Crippen molar-refractivity contribution in [3.05, 3.63) is 35.4 Å². The minimum atomic E-state index is -0.339. The molecule has 3 heteroatoms. The fourth-order valence-electron chi connectivity index (χ4n) is 1.85. The molecule has 0 bridgehead atoms. The van der Waals surface area contributed by atoms with Crippen molar-refractivity contribution in [2.24, 2.45) is 0 Å². The lowest BCUT2D eigenvalue weighted by Crippen LogP contribution is -2.36. The summed E-state index contributed by atoms with van der Waals surface area (Å²) in [6.07, 6.45) is 2.57. The zero-order valence-electron chi connectivity index (χ0n) is 11.3. The zero-order chi connectivity index (χ0) is 13.5. The van der Waals surface area contributed by atoms with E-state index >= 15 is 0 Å². The molecule has 0 heterocycles. The van der Waals surface area contributed by atoms with Crippen LogP contribution in [0.1, 0.15) is 42.6 Å². The first-order valence-corrected chi connectivity index (χ1v) is 6.39. The third-order valence-corrected chi connectivity index (χ3v) is 3.11. The fourth-order valence-corrected chi connectivity index (χ4v) is 1.85. The number of carbonyl (C=O) groups excluding carboxylic acids is 1. The summed E-state index contributed by atoms with van der Waals surface area (Å²) < 4.78 is 0. The van der Waals surface area contributed by atoms with Crippen LogP contribution in [-0.2, 0) is 6.42 Å². The molecule has 1 aromatic carbocycles. The van der Waals surface area contributed by atoms with Gasteiger partial charge in [-0.25, -0.2) is 0 Å². The van der Waals surface area contributed by atoms with Gasteiger partial charge in [0.15, 0.2) is 0 Å². The highest BCUT2D eigenvalue weighted by molar-refractivity contribution is 5.94. The van der Waals surface area contributed by atoms with Gasteiger partial charge in [-0.1, -0.05) is 32.4 Å². The topological polar surface area (TPSA) is 44.1 Å². The van der Waals surface area contributed by atoms with Gasteiger partial charge in [-0.15, -0.1) is 0 Å². The van der Waals surface area contributed by atoms with Gasteiger partial charge in [0.25, 0.3) is 5.91 Å². The van der Waals surface area contributed by atoms with Crippen LogP contribution >= 0.6 is 0 Å². The molecule has 96 valence electrons. The zero-order valence-corrected chi connectivity index (χ0v) is 11.3. The fraction of sp³-hybridized carbons (Fsp3) is 0.467. The smallest absolute Gasteiger partial charge is 0.254 e. The van der Waals surface area contributed by atoms with Crippen LogP contribution < -0.4 is 0 Å². The van der Waals surface area contributed by atoms with Crippen LogP contribution in [0.25, 0.3) is 0 Å². The Morgan fingerprint density at radius 2 is 1.94 bits per heavy atom. The van der Waals surface area contributed by atoms with Gasteiger partial charge in [0, 0.05) is 12.6 Å². The number of hydrogen-bond acceptors (Lipinski definition) is 2. The standard InChI is InChI=1S/C15H20N2O/c1-4-6-14(11-16)17(3)15(18)13-9-7-12(5-2)8-10-13/h7-10,14H,4-6H2,1-3H3/t14-/m1/s1. The van der Waals surface area contributed by atoms with E-state index in [4.69, 9.17) is 5.26 Å². The van der Waals surface area contributed by atoms with E-state index in [-0.39, 0.29) is 11.9 Å². The number of aryl methyl sites for hydroxylation is 1. The largest absolute Gasteiger partial charge is 0.326 e. The van der Waals surface area contributed by atoms with Gasteiger partial charge >= 0.3 is 0 Å². The Morgan fingerprint density at radius 3 is 2.39 bits per heavy atom. The second-order valence-electron chi connectivity index (χ2n) is 4.40. The summed E-state index contributed by atoms with van der Waals surface area (Å²) in [5, 5.41) is 9.06. The number of nitrogens with zero attached hydrogens (tertiary/aromatic N) is 2. The van der Waals surface area contributed by atoms with Crippen molar-refractivity contribution < 1.29 is 4.79 Å². The van der Waals surface area contributed by atoms with E-state index in [2.05, 4.69) is 13.0 Å². The van der Waals surface area contributed by atoms with Crippen LogP contribution in [0.4, 0.5) is 0 Å². The maximum Gasteiger partial charge on any atom is 0.254 e. The molecule has 1 atom stereocenters. The van der Waals surface area contributed by atoms with Gasteiger partial charge in [-0.3, -0.25) is 4.79 Å². The summed E-state index contributed by atoms with van der Waals surface area (Å²) in [7, 11) is 1.69. The molecular weight excluding hydrogens is 224 g/mol. The third kappa shape index (κ3) is 3.33. The molecular formula is C15H20N2O. The van der Waals surface area contributed by atoms with Gasteiger partial charge in [0.05, 0.1) is 6.07 Å². The van der Waals surface area contributed by atoms with Crippen LogP contribution in [-0.4, -0.2) is 23.9 Å². The monoisotopic (exact) mass is 244 g/mol. The van der Waals surface area contributed by atoms with Crippen LogP contribution in [0.2, 0.25) is 0 Å². The summed E-state index contributed by atoms with van der Waals surface area (Å²) in [6, 6.07) is 9.43. The highest BCUT2D eigenvalue weighted by Gasteiger charge is 2.19. The van der Waals surface area contributed by atoms with Crippen molar-refractivity contribution in [1.29, 1.82) is 5.26 Å². The molecule has 0 radical (unpaired) electrons. The summed E-state index contributed by atoms with van der Waals surface area (Å²) in [5.74, 6) is -0.0855. The van der Waals surface area contributed by atoms with Crippen molar-refractivity contribution >= 4 is 5.91 Å². The molecule has 1 rings (SSSR count). The Balaban J connectivity index is 2.82. The summed E-state index contributed by atoms with van der Waals surface area (Å²) in [6.45, 7) is 4.09. The molecule has 3 nitrogen and oxygen atoms in total. The Bertz CT molecular complexity index is 431. The average Bonchev–Trinajstić information content (AvgIpc) is 2.43. The van der Waals surface area contributed by atoms with Gasteiger partial charge in [0.2, 0.25) is 0 Å². The lowest BCUT2D eigenvalue weighted by Gasteiger charge is -2.22. The first kappa shape index (κ1) is 14.2. The predicted octanol–water partition coefficient (Wildman–Crippen LogP) is 3.01. The van der Waals surface area contributed by atoms with Gasteiger partial charge in [0.1, 0.15) is 6.04 Å². The van der Waals surface area contributed by atoms with Crippen molar-refractivity contribution in [1.82, 2.24) is 4.90 Å². The molecule has 0 aliphatic rings. The number of amides is 1. The van der Waals surface area contributed by atoms with Crippen LogP contribution in [0.15, 0.2) is 24.3 Å².